The fourth-order valence-corrected chi connectivity index (χ4v) is 4.68. The van der Waals surface area contributed by atoms with Gasteiger partial charge in [0.2, 0.25) is 15.9 Å². The van der Waals surface area contributed by atoms with Crippen molar-refractivity contribution in [2.45, 2.75) is 63.6 Å². The van der Waals surface area contributed by atoms with Gasteiger partial charge in [0.15, 0.2) is 0 Å². The van der Waals surface area contributed by atoms with Crippen molar-refractivity contribution >= 4 is 21.6 Å². The van der Waals surface area contributed by atoms with Gasteiger partial charge in [-0.3, -0.25) is 9.10 Å². The Morgan fingerprint density at radius 3 is 2.42 bits per heavy atom. The van der Waals surface area contributed by atoms with E-state index in [2.05, 4.69) is 10.6 Å². The molecule has 0 saturated heterocycles. The van der Waals surface area contributed by atoms with Gasteiger partial charge in [0.1, 0.15) is 6.54 Å². The molecule has 2 N–H and O–H groups in total. The van der Waals surface area contributed by atoms with E-state index in [4.69, 9.17) is 0 Å². The number of hydrogen-bond acceptors (Lipinski definition) is 4. The van der Waals surface area contributed by atoms with Gasteiger partial charge in [-0.15, -0.1) is 0 Å². The van der Waals surface area contributed by atoms with Gasteiger partial charge >= 0.3 is 0 Å². The van der Waals surface area contributed by atoms with Crippen molar-refractivity contribution in [3.05, 3.63) is 29.8 Å². The van der Waals surface area contributed by atoms with Crippen LogP contribution in [0.3, 0.4) is 0 Å². The van der Waals surface area contributed by atoms with Gasteiger partial charge in [0.05, 0.1) is 11.9 Å². The number of amides is 1. The zero-order chi connectivity index (χ0) is 18.7. The first-order valence-corrected chi connectivity index (χ1v) is 11.3. The van der Waals surface area contributed by atoms with Gasteiger partial charge in [-0.05, 0) is 50.3 Å². The molecule has 2 fully saturated rings. The molecule has 2 atom stereocenters. The lowest BCUT2D eigenvalue weighted by atomic mass is 9.85. The van der Waals surface area contributed by atoms with Crippen molar-refractivity contribution in [2.75, 3.05) is 17.1 Å². The summed E-state index contributed by atoms with van der Waals surface area (Å²) in [5.74, 6) is -0.250. The van der Waals surface area contributed by atoms with E-state index in [-0.39, 0.29) is 18.5 Å². The van der Waals surface area contributed by atoms with Crippen molar-refractivity contribution in [2.24, 2.45) is 0 Å². The quantitative estimate of drug-likeness (QED) is 0.759. The minimum atomic E-state index is -3.53. The second-order valence-corrected chi connectivity index (χ2v) is 9.52. The van der Waals surface area contributed by atoms with Gasteiger partial charge in [0.25, 0.3) is 0 Å². The third-order valence-corrected chi connectivity index (χ3v) is 6.54. The molecule has 0 spiro atoms. The molecule has 0 radical (unpaired) electrons. The molecule has 1 aromatic rings. The number of rotatable bonds is 7. The number of benzene rings is 1. The number of carbonyl (C=O) groups is 1. The number of sulfonamides is 1. The molecule has 144 valence electrons. The van der Waals surface area contributed by atoms with Crippen LogP contribution in [0.1, 0.15) is 44.1 Å². The summed E-state index contributed by atoms with van der Waals surface area (Å²) in [6.07, 6.45) is 8.13. The number of hydrogen-bond donors (Lipinski definition) is 2. The summed E-state index contributed by atoms with van der Waals surface area (Å²) in [6, 6.07) is 8.18. The summed E-state index contributed by atoms with van der Waals surface area (Å²) in [5.41, 5.74) is 1.48. The van der Waals surface area contributed by atoms with Gasteiger partial charge in [-0.25, -0.2) is 8.42 Å². The van der Waals surface area contributed by atoms with Crippen molar-refractivity contribution in [3.8, 4) is 0 Å². The Morgan fingerprint density at radius 2 is 1.85 bits per heavy atom. The number of nitrogens with one attached hydrogen (secondary N) is 2. The van der Waals surface area contributed by atoms with E-state index in [0.717, 1.165) is 24.7 Å². The zero-order valence-electron chi connectivity index (χ0n) is 15.6. The minimum Gasteiger partial charge on any atom is -0.350 e. The lowest BCUT2D eigenvalue weighted by Gasteiger charge is -2.40. The maximum atomic E-state index is 12.5. The van der Waals surface area contributed by atoms with Crippen LogP contribution in [0.25, 0.3) is 0 Å². The van der Waals surface area contributed by atoms with Crippen LogP contribution in [0.15, 0.2) is 24.3 Å². The van der Waals surface area contributed by atoms with Crippen LogP contribution < -0.4 is 14.9 Å². The zero-order valence-corrected chi connectivity index (χ0v) is 16.4. The highest BCUT2D eigenvalue weighted by Gasteiger charge is 2.34. The second-order valence-electron chi connectivity index (χ2n) is 7.61. The summed E-state index contributed by atoms with van der Waals surface area (Å²) in [5, 5.41) is 6.67. The first-order chi connectivity index (χ1) is 12.3. The molecular formula is C19H29N3O3S. The molecule has 0 aromatic heterocycles. The molecule has 6 nitrogen and oxygen atoms in total. The van der Waals surface area contributed by atoms with E-state index in [0.29, 0.717) is 17.8 Å². The van der Waals surface area contributed by atoms with E-state index < -0.39 is 10.0 Å². The molecule has 2 unspecified atom stereocenters. The fourth-order valence-electron chi connectivity index (χ4n) is 3.83. The highest BCUT2D eigenvalue weighted by Crippen LogP contribution is 2.25. The number of aryl methyl sites for hydroxylation is 1. The third kappa shape index (κ3) is 4.76. The van der Waals surface area contributed by atoms with Gasteiger partial charge < -0.3 is 10.6 Å². The molecule has 7 heteroatoms. The Kier molecular flexibility index (Phi) is 5.87. The molecule has 2 aliphatic rings. The third-order valence-electron chi connectivity index (χ3n) is 5.40. The van der Waals surface area contributed by atoms with E-state index >= 15 is 0 Å². The molecule has 0 bridgehead atoms. The van der Waals surface area contributed by atoms with E-state index in [1.807, 2.05) is 13.0 Å². The number of nitrogens with zero attached hydrogens (tertiary/aromatic N) is 1. The average molecular weight is 380 g/mol. The Morgan fingerprint density at radius 1 is 1.15 bits per heavy atom. The van der Waals surface area contributed by atoms with Gasteiger partial charge in [-0.1, -0.05) is 25.0 Å². The second kappa shape index (κ2) is 7.96. The molecule has 1 aromatic carbocycles. The molecule has 3 rings (SSSR count). The molecular weight excluding hydrogens is 350 g/mol. The SMILES string of the molecule is Cc1cccc(N(CC(=O)NC2CCC2NC2CCCC2)S(C)(=O)=O)c1. The maximum absolute atomic E-state index is 12.5. The molecule has 1 amide bonds. The normalized spacial score (nSPS) is 23.5. The molecule has 2 saturated carbocycles. The predicted octanol–water partition coefficient (Wildman–Crippen LogP) is 1.94. The van der Waals surface area contributed by atoms with E-state index in [1.54, 1.807) is 18.2 Å². The fraction of sp³-hybridized carbons (Fsp3) is 0.632. The Labute approximate surface area is 156 Å². The van der Waals surface area contributed by atoms with Crippen LogP contribution in [-0.2, 0) is 14.8 Å². The predicted molar refractivity (Wildman–Crippen MR) is 104 cm³/mol. The van der Waals surface area contributed by atoms with Crippen LogP contribution in [0.5, 0.6) is 0 Å². The summed E-state index contributed by atoms with van der Waals surface area (Å²) >= 11 is 0. The largest absolute Gasteiger partial charge is 0.350 e. The Balaban J connectivity index is 1.59. The van der Waals surface area contributed by atoms with Crippen LogP contribution >= 0.6 is 0 Å². The van der Waals surface area contributed by atoms with Crippen molar-refractivity contribution in [3.63, 3.8) is 0 Å². The monoisotopic (exact) mass is 379 g/mol. The van der Waals surface area contributed by atoms with Crippen molar-refractivity contribution in [1.29, 1.82) is 0 Å². The van der Waals surface area contributed by atoms with Crippen molar-refractivity contribution in [1.82, 2.24) is 10.6 Å². The molecule has 0 heterocycles. The summed E-state index contributed by atoms with van der Waals surface area (Å²) in [4.78, 5) is 12.5. The summed E-state index contributed by atoms with van der Waals surface area (Å²) < 4.78 is 25.5. The lowest BCUT2D eigenvalue weighted by molar-refractivity contribution is -0.121. The van der Waals surface area contributed by atoms with Crippen LogP contribution in [-0.4, -0.2) is 45.3 Å². The molecule has 26 heavy (non-hydrogen) atoms. The van der Waals surface area contributed by atoms with Crippen LogP contribution in [0.4, 0.5) is 5.69 Å². The highest BCUT2D eigenvalue weighted by molar-refractivity contribution is 7.92. The average Bonchev–Trinajstić information content (AvgIpc) is 3.07. The molecule has 2 aliphatic carbocycles. The van der Waals surface area contributed by atoms with Crippen molar-refractivity contribution < 1.29 is 13.2 Å². The number of anilines is 1. The Hall–Kier alpha value is -1.60. The van der Waals surface area contributed by atoms with E-state index in [9.17, 15) is 13.2 Å². The first kappa shape index (κ1) is 19.2. The van der Waals surface area contributed by atoms with Gasteiger partial charge in [0, 0.05) is 18.1 Å². The topological polar surface area (TPSA) is 78.5 Å². The highest BCUT2D eigenvalue weighted by atomic mass is 32.2. The van der Waals surface area contributed by atoms with Gasteiger partial charge in [-0.2, -0.15) is 0 Å². The summed E-state index contributed by atoms with van der Waals surface area (Å²) in [7, 11) is -3.53. The van der Waals surface area contributed by atoms with Crippen LogP contribution in [0.2, 0.25) is 0 Å². The Bertz CT molecular complexity index is 744. The number of carbonyl (C=O) groups excluding carboxylic acids is 1. The molecule has 0 aliphatic heterocycles. The maximum Gasteiger partial charge on any atom is 0.241 e. The first-order valence-electron chi connectivity index (χ1n) is 9.43. The summed E-state index contributed by atoms with van der Waals surface area (Å²) in [6.45, 7) is 1.71. The minimum absolute atomic E-state index is 0.0991. The standard InChI is InChI=1S/C19H29N3O3S/c1-14-6-5-9-16(12-14)22(26(2,24)25)13-19(23)21-18-11-10-17(18)20-15-7-3-4-8-15/h5-6,9,12,15,17-18,20H,3-4,7-8,10-11,13H2,1-2H3,(H,21,23). The lowest BCUT2D eigenvalue weighted by Crippen LogP contribution is -2.59. The van der Waals surface area contributed by atoms with E-state index in [1.165, 1.54) is 30.0 Å². The van der Waals surface area contributed by atoms with Crippen LogP contribution in [0, 0.1) is 6.92 Å². The smallest absolute Gasteiger partial charge is 0.241 e.